The van der Waals surface area contributed by atoms with E-state index < -0.39 is 0 Å². The van der Waals surface area contributed by atoms with E-state index in [1.54, 1.807) is 0 Å². The fourth-order valence-corrected chi connectivity index (χ4v) is 0.779. The molecule has 0 radical (unpaired) electrons. The Bertz CT molecular complexity index is 99.2. The van der Waals surface area contributed by atoms with E-state index in [1.807, 2.05) is 20.8 Å². The third kappa shape index (κ3) is 1.89. The summed E-state index contributed by atoms with van der Waals surface area (Å²) in [4.78, 5) is 0. The van der Waals surface area contributed by atoms with Gasteiger partial charge in [-0.3, -0.25) is 0 Å². The summed E-state index contributed by atoms with van der Waals surface area (Å²) in [5.74, 6) is 0. The molecule has 1 rings (SSSR count). The second-order valence-electron chi connectivity index (χ2n) is 3.79. The monoisotopic (exact) mass is 143 g/mol. The molecule has 0 spiro atoms. The van der Waals surface area contributed by atoms with Crippen molar-refractivity contribution in [3.63, 3.8) is 0 Å². The largest absolute Gasteiger partial charge is 0.365 e. The molecule has 1 heterocycles. The summed E-state index contributed by atoms with van der Waals surface area (Å²) in [5.41, 5.74) is -0.466. The van der Waals surface area contributed by atoms with E-state index in [4.69, 9.17) is 9.47 Å². The van der Waals surface area contributed by atoms with Gasteiger partial charge >= 0.3 is 0 Å². The maximum Gasteiger partial charge on any atom is 0.225 e. The van der Waals surface area contributed by atoms with Gasteiger partial charge in [0.15, 0.2) is 0 Å². The second-order valence-corrected chi connectivity index (χ2v) is 3.79. The van der Waals surface area contributed by atoms with Crippen LogP contribution < -0.4 is 0 Å². The molecule has 10 heavy (non-hydrogen) atoms. The predicted molar refractivity (Wildman–Crippen MR) is 39.7 cm³/mol. The van der Waals surface area contributed by atoms with Crippen LogP contribution in [-0.4, -0.2) is 24.4 Å². The highest BCUT2D eigenvalue weighted by Gasteiger charge is 2.37. The Morgan fingerprint density at radius 2 is 1.70 bits per heavy atom. The molecule has 1 unspecified atom stereocenters. The summed E-state index contributed by atoms with van der Waals surface area (Å²) in [5, 5.41) is 0. The smallest absolute Gasteiger partial charge is 0.225 e. The van der Waals surface area contributed by atoms with Crippen LogP contribution in [0, 0.1) is 6.92 Å². The summed E-state index contributed by atoms with van der Waals surface area (Å²) >= 11 is 0. The Kier molecular flexibility index (Phi) is 1.69. The van der Waals surface area contributed by atoms with Gasteiger partial charge in [-0.2, -0.15) is 0 Å². The Morgan fingerprint density at radius 3 is 2.00 bits per heavy atom. The zero-order chi connectivity index (χ0) is 7.83. The van der Waals surface area contributed by atoms with Gasteiger partial charge in [0.2, 0.25) is 5.60 Å². The number of hydrogen-bond acceptors (Lipinski definition) is 2. The van der Waals surface area contributed by atoms with Crippen LogP contribution in [0.5, 0.6) is 0 Å². The molecule has 0 aromatic rings. The van der Waals surface area contributed by atoms with Crippen molar-refractivity contribution in [3.05, 3.63) is 6.92 Å². The zero-order valence-electron chi connectivity index (χ0n) is 6.94. The van der Waals surface area contributed by atoms with E-state index in [-0.39, 0.29) is 11.2 Å². The minimum Gasteiger partial charge on any atom is -0.365 e. The number of ether oxygens (including phenoxy) is 2. The van der Waals surface area contributed by atoms with E-state index in [2.05, 4.69) is 6.92 Å². The van der Waals surface area contributed by atoms with Gasteiger partial charge in [-0.15, -0.1) is 0 Å². The highest BCUT2D eigenvalue weighted by Crippen LogP contribution is 2.23. The normalized spacial score (nSPS) is 39.5. The van der Waals surface area contributed by atoms with Crippen molar-refractivity contribution in [2.75, 3.05) is 13.2 Å². The molecule has 1 aliphatic heterocycles. The first kappa shape index (κ1) is 7.89. The lowest BCUT2D eigenvalue weighted by atomic mass is 10.1. The average Bonchev–Trinajstić information content (AvgIpc) is 1.79. The lowest BCUT2D eigenvalue weighted by Crippen LogP contribution is -2.47. The minimum absolute atomic E-state index is 0.128. The standard InChI is InChI=1S/C8H15O2/c1-7(2)5-10-8(3,4)6-9-7/h1,5-6H2,2-4H3/q+1. The van der Waals surface area contributed by atoms with Crippen LogP contribution in [0.3, 0.4) is 0 Å². The van der Waals surface area contributed by atoms with Crippen LogP contribution >= 0.6 is 0 Å². The van der Waals surface area contributed by atoms with Gasteiger partial charge in [-0.05, 0) is 13.8 Å². The molecule has 0 aliphatic carbocycles. The molecule has 1 fully saturated rings. The van der Waals surface area contributed by atoms with Crippen molar-refractivity contribution in [1.82, 2.24) is 0 Å². The van der Waals surface area contributed by atoms with Gasteiger partial charge in [0, 0.05) is 6.92 Å². The molecule has 0 bridgehead atoms. The van der Waals surface area contributed by atoms with Gasteiger partial charge in [0.05, 0.1) is 19.1 Å². The molecule has 0 aromatic carbocycles. The van der Waals surface area contributed by atoms with E-state index in [9.17, 15) is 0 Å². The van der Waals surface area contributed by atoms with Crippen LogP contribution in [0.25, 0.3) is 0 Å². The Morgan fingerprint density at radius 1 is 1.10 bits per heavy atom. The molecule has 0 aromatic heterocycles. The molecule has 58 valence electrons. The summed E-state index contributed by atoms with van der Waals surface area (Å²) in [7, 11) is 0. The molecule has 1 saturated heterocycles. The quantitative estimate of drug-likeness (QED) is 0.477. The fraction of sp³-hybridized carbons (Fsp3) is 0.875. The maximum atomic E-state index is 5.49. The topological polar surface area (TPSA) is 18.5 Å². The lowest BCUT2D eigenvalue weighted by molar-refractivity contribution is -0.200. The lowest BCUT2D eigenvalue weighted by Gasteiger charge is -2.35. The molecule has 1 aliphatic rings. The molecule has 0 N–H and O–H groups in total. The number of rotatable bonds is 0. The van der Waals surface area contributed by atoms with Gasteiger partial charge in [-0.25, -0.2) is 0 Å². The van der Waals surface area contributed by atoms with Crippen molar-refractivity contribution in [1.29, 1.82) is 0 Å². The SMILES string of the molecule is [CH2+]C1(C)COC(C)(C)CO1. The fourth-order valence-electron chi connectivity index (χ4n) is 0.779. The van der Waals surface area contributed by atoms with Crippen molar-refractivity contribution in [3.8, 4) is 0 Å². The third-order valence-electron chi connectivity index (χ3n) is 1.54. The molecule has 0 saturated carbocycles. The molecule has 1 atom stereocenters. The summed E-state index contributed by atoms with van der Waals surface area (Å²) in [6.45, 7) is 11.0. The summed E-state index contributed by atoms with van der Waals surface area (Å²) in [6.07, 6.45) is 0. The number of hydrogen-bond donors (Lipinski definition) is 0. The molecule has 0 amide bonds. The van der Waals surface area contributed by atoms with Crippen molar-refractivity contribution < 1.29 is 9.47 Å². The Labute approximate surface area is 62.5 Å². The summed E-state index contributed by atoms with van der Waals surface area (Å²) in [6, 6.07) is 0. The van der Waals surface area contributed by atoms with Crippen LogP contribution in [0.15, 0.2) is 0 Å². The van der Waals surface area contributed by atoms with E-state index >= 15 is 0 Å². The van der Waals surface area contributed by atoms with Crippen LogP contribution in [-0.2, 0) is 9.47 Å². The van der Waals surface area contributed by atoms with Crippen molar-refractivity contribution >= 4 is 0 Å². The molecule has 2 nitrogen and oxygen atoms in total. The van der Waals surface area contributed by atoms with Crippen molar-refractivity contribution in [2.45, 2.75) is 32.0 Å². The predicted octanol–water partition coefficient (Wildman–Crippen LogP) is 1.40. The first-order valence-corrected chi connectivity index (χ1v) is 3.55. The van der Waals surface area contributed by atoms with E-state index in [0.29, 0.717) is 13.2 Å². The van der Waals surface area contributed by atoms with E-state index in [0.717, 1.165) is 0 Å². The Hall–Kier alpha value is -0.210. The zero-order valence-corrected chi connectivity index (χ0v) is 6.94. The van der Waals surface area contributed by atoms with Crippen LogP contribution in [0.4, 0.5) is 0 Å². The average molecular weight is 143 g/mol. The van der Waals surface area contributed by atoms with Gasteiger partial charge in [-0.1, -0.05) is 0 Å². The first-order valence-electron chi connectivity index (χ1n) is 3.55. The highest BCUT2D eigenvalue weighted by atomic mass is 16.6. The van der Waals surface area contributed by atoms with Crippen LogP contribution in [0.2, 0.25) is 0 Å². The molecular weight excluding hydrogens is 128 g/mol. The summed E-state index contributed by atoms with van der Waals surface area (Å²) < 4.78 is 10.9. The van der Waals surface area contributed by atoms with Crippen LogP contribution in [0.1, 0.15) is 20.8 Å². The van der Waals surface area contributed by atoms with Crippen molar-refractivity contribution in [2.24, 2.45) is 0 Å². The van der Waals surface area contributed by atoms with Gasteiger partial charge in [0.1, 0.15) is 6.61 Å². The molecule has 2 heteroatoms. The second kappa shape index (κ2) is 2.14. The highest BCUT2D eigenvalue weighted by molar-refractivity contribution is 4.85. The molecular formula is C8H15O2+. The maximum absolute atomic E-state index is 5.49. The Balaban J connectivity index is 2.46. The minimum atomic E-state index is -0.338. The third-order valence-corrected chi connectivity index (χ3v) is 1.54. The van der Waals surface area contributed by atoms with E-state index in [1.165, 1.54) is 0 Å². The first-order chi connectivity index (χ1) is 4.41. The van der Waals surface area contributed by atoms with Gasteiger partial charge in [0.25, 0.3) is 0 Å². The van der Waals surface area contributed by atoms with Gasteiger partial charge < -0.3 is 9.47 Å².